The van der Waals surface area contributed by atoms with Gasteiger partial charge in [-0.25, -0.2) is 8.42 Å². The first-order valence-corrected chi connectivity index (χ1v) is 9.21. The Morgan fingerprint density at radius 2 is 2.00 bits per heavy atom. The summed E-state index contributed by atoms with van der Waals surface area (Å²) in [6, 6.07) is 0.557. The van der Waals surface area contributed by atoms with E-state index in [1.807, 2.05) is 0 Å². The van der Waals surface area contributed by atoms with Crippen molar-refractivity contribution in [3.63, 3.8) is 0 Å². The predicted octanol–water partition coefficient (Wildman–Crippen LogP) is -0.392. The van der Waals surface area contributed by atoms with Crippen molar-refractivity contribution in [1.29, 1.82) is 0 Å². The maximum atomic E-state index is 11.6. The van der Waals surface area contributed by atoms with E-state index < -0.39 is 15.9 Å². The second kappa shape index (κ2) is 5.31. The topological polar surface area (TPSA) is 69.6 Å². The smallest absolute Gasteiger partial charge is 0.154 e. The van der Waals surface area contributed by atoms with Crippen LogP contribution in [0.2, 0.25) is 0 Å². The summed E-state index contributed by atoms with van der Waals surface area (Å²) in [5, 5.41) is 13.5. The third-order valence-electron chi connectivity index (χ3n) is 4.59. The van der Waals surface area contributed by atoms with Gasteiger partial charge >= 0.3 is 0 Å². The molecular weight excluding hydrogens is 264 g/mol. The minimum absolute atomic E-state index is 0.0564. The Morgan fingerprint density at radius 1 is 1.21 bits per heavy atom. The Labute approximate surface area is 115 Å². The largest absolute Gasteiger partial charge is 0.390 e. The second-order valence-corrected chi connectivity index (χ2v) is 8.55. The lowest BCUT2D eigenvalue weighted by Crippen LogP contribution is -2.49. The Bertz CT molecular complexity index is 422. The van der Waals surface area contributed by atoms with Gasteiger partial charge in [0.2, 0.25) is 0 Å². The molecule has 0 aromatic heterocycles. The summed E-state index contributed by atoms with van der Waals surface area (Å²) in [4.78, 5) is 2.21. The van der Waals surface area contributed by atoms with E-state index in [9.17, 15) is 13.5 Å². The summed E-state index contributed by atoms with van der Waals surface area (Å²) in [7, 11) is -3.03. The van der Waals surface area contributed by atoms with Gasteiger partial charge < -0.3 is 10.4 Å². The fraction of sp³-hybridized carbons (Fsp3) is 1.00. The van der Waals surface area contributed by atoms with Crippen LogP contribution in [0.3, 0.4) is 0 Å². The first-order valence-electron chi connectivity index (χ1n) is 7.39. The van der Waals surface area contributed by atoms with Gasteiger partial charge in [-0.15, -0.1) is 0 Å². The van der Waals surface area contributed by atoms with Crippen molar-refractivity contribution in [3.8, 4) is 0 Å². The molecule has 2 N–H and O–H groups in total. The Hall–Kier alpha value is -0.170. The number of aliphatic hydroxyl groups excluding tert-OH is 1. The van der Waals surface area contributed by atoms with E-state index in [0.717, 1.165) is 32.1 Å². The molecule has 3 fully saturated rings. The first-order chi connectivity index (χ1) is 9.03. The number of sulfone groups is 1. The molecule has 0 spiro atoms. The summed E-state index contributed by atoms with van der Waals surface area (Å²) in [6.45, 7) is 2.89. The molecule has 3 atom stereocenters. The van der Waals surface area contributed by atoms with Crippen molar-refractivity contribution in [2.75, 3.05) is 31.1 Å². The number of aliphatic hydroxyl groups is 1. The van der Waals surface area contributed by atoms with Crippen LogP contribution < -0.4 is 5.32 Å². The predicted molar refractivity (Wildman–Crippen MR) is 73.8 cm³/mol. The summed E-state index contributed by atoms with van der Waals surface area (Å²) in [6.07, 6.45) is 4.23. The van der Waals surface area contributed by atoms with Crippen molar-refractivity contribution < 1.29 is 13.5 Å². The summed E-state index contributed by atoms with van der Waals surface area (Å²) >= 11 is 0. The van der Waals surface area contributed by atoms with Crippen LogP contribution in [0.15, 0.2) is 0 Å². The number of likely N-dealkylation sites (tertiary alicyclic amines) is 1. The van der Waals surface area contributed by atoms with Crippen molar-refractivity contribution in [2.24, 2.45) is 5.92 Å². The number of nitrogens with one attached hydrogen (secondary N) is 1. The van der Waals surface area contributed by atoms with Gasteiger partial charge in [-0.3, -0.25) is 4.90 Å². The van der Waals surface area contributed by atoms with E-state index in [4.69, 9.17) is 0 Å². The van der Waals surface area contributed by atoms with Crippen LogP contribution in [0.5, 0.6) is 0 Å². The van der Waals surface area contributed by atoms with Gasteiger partial charge in [0.05, 0.1) is 23.7 Å². The third-order valence-corrected chi connectivity index (χ3v) is 6.28. The molecule has 0 aromatic carbocycles. The molecule has 6 heteroatoms. The van der Waals surface area contributed by atoms with E-state index in [2.05, 4.69) is 10.2 Å². The molecule has 0 radical (unpaired) electrons. The number of hydrogen-bond acceptors (Lipinski definition) is 5. The molecule has 1 aliphatic carbocycles. The highest BCUT2D eigenvalue weighted by atomic mass is 32.2. The first kappa shape index (κ1) is 13.8. The SMILES string of the molecule is O=S1(=O)CC(O)C(N2CCCC(CNC3CC3)C2)C1. The van der Waals surface area contributed by atoms with Crippen molar-refractivity contribution in [1.82, 2.24) is 10.2 Å². The minimum atomic E-state index is -3.03. The van der Waals surface area contributed by atoms with Gasteiger partial charge in [0.1, 0.15) is 0 Å². The van der Waals surface area contributed by atoms with Gasteiger partial charge in [0.15, 0.2) is 9.84 Å². The van der Waals surface area contributed by atoms with Gasteiger partial charge in [0.25, 0.3) is 0 Å². The molecule has 3 aliphatic rings. The molecule has 19 heavy (non-hydrogen) atoms. The zero-order valence-corrected chi connectivity index (χ0v) is 12.1. The van der Waals surface area contributed by atoms with Gasteiger partial charge in [-0.1, -0.05) is 0 Å². The molecule has 2 saturated heterocycles. The fourth-order valence-corrected chi connectivity index (χ4v) is 5.18. The third kappa shape index (κ3) is 3.48. The Balaban J connectivity index is 1.55. The average molecular weight is 288 g/mol. The average Bonchev–Trinajstić information content (AvgIpc) is 3.13. The lowest BCUT2D eigenvalue weighted by atomic mass is 9.96. The van der Waals surface area contributed by atoms with Crippen LogP contribution in [-0.4, -0.2) is 67.8 Å². The molecule has 1 saturated carbocycles. The number of rotatable bonds is 4. The normalized spacial score (nSPS) is 39.5. The maximum Gasteiger partial charge on any atom is 0.154 e. The van der Waals surface area contributed by atoms with Crippen LogP contribution in [-0.2, 0) is 9.84 Å². The van der Waals surface area contributed by atoms with Crippen molar-refractivity contribution >= 4 is 9.84 Å². The number of hydrogen-bond donors (Lipinski definition) is 2. The molecule has 2 heterocycles. The monoisotopic (exact) mass is 288 g/mol. The molecule has 0 aromatic rings. The molecule has 110 valence electrons. The number of piperidine rings is 1. The van der Waals surface area contributed by atoms with E-state index in [0.29, 0.717) is 5.92 Å². The molecule has 0 amide bonds. The summed E-state index contributed by atoms with van der Waals surface area (Å²) in [5.41, 5.74) is 0. The van der Waals surface area contributed by atoms with Crippen LogP contribution >= 0.6 is 0 Å². The summed E-state index contributed by atoms with van der Waals surface area (Å²) < 4.78 is 23.2. The molecule has 2 aliphatic heterocycles. The van der Waals surface area contributed by atoms with Crippen LogP contribution in [0.25, 0.3) is 0 Å². The quantitative estimate of drug-likeness (QED) is 0.737. The highest BCUT2D eigenvalue weighted by Gasteiger charge is 2.41. The van der Waals surface area contributed by atoms with Crippen LogP contribution in [0.4, 0.5) is 0 Å². The van der Waals surface area contributed by atoms with Gasteiger partial charge in [-0.2, -0.15) is 0 Å². The van der Waals surface area contributed by atoms with E-state index in [-0.39, 0.29) is 17.5 Å². The zero-order valence-electron chi connectivity index (χ0n) is 11.3. The van der Waals surface area contributed by atoms with E-state index in [1.54, 1.807) is 0 Å². The van der Waals surface area contributed by atoms with Crippen LogP contribution in [0.1, 0.15) is 25.7 Å². The highest BCUT2D eigenvalue weighted by molar-refractivity contribution is 7.91. The van der Waals surface area contributed by atoms with Gasteiger partial charge in [0, 0.05) is 12.6 Å². The number of nitrogens with zero attached hydrogens (tertiary/aromatic N) is 1. The minimum Gasteiger partial charge on any atom is -0.390 e. The van der Waals surface area contributed by atoms with Crippen molar-refractivity contribution in [2.45, 2.75) is 43.9 Å². The van der Waals surface area contributed by atoms with Crippen LogP contribution in [0, 0.1) is 5.92 Å². The Morgan fingerprint density at radius 3 is 2.63 bits per heavy atom. The lowest BCUT2D eigenvalue weighted by molar-refractivity contribution is 0.0534. The standard InChI is InChI=1S/C13H24N2O3S/c16-13-9-19(17,18)8-12(13)15-5-1-2-10(7-15)6-14-11-3-4-11/h10-14,16H,1-9H2. The van der Waals surface area contributed by atoms with E-state index in [1.165, 1.54) is 19.3 Å². The molecule has 5 nitrogen and oxygen atoms in total. The zero-order chi connectivity index (χ0) is 13.5. The summed E-state index contributed by atoms with van der Waals surface area (Å²) in [5.74, 6) is 0.681. The molecule has 3 rings (SSSR count). The van der Waals surface area contributed by atoms with Gasteiger partial charge in [-0.05, 0) is 44.7 Å². The maximum absolute atomic E-state index is 11.6. The highest BCUT2D eigenvalue weighted by Crippen LogP contribution is 2.25. The fourth-order valence-electron chi connectivity index (χ4n) is 3.35. The Kier molecular flexibility index (Phi) is 3.86. The lowest BCUT2D eigenvalue weighted by Gasteiger charge is -2.37. The molecule has 3 unspecified atom stereocenters. The molecule has 0 bridgehead atoms. The van der Waals surface area contributed by atoms with E-state index >= 15 is 0 Å². The molecular formula is C13H24N2O3S. The van der Waals surface area contributed by atoms with Crippen molar-refractivity contribution in [3.05, 3.63) is 0 Å². The second-order valence-electron chi connectivity index (χ2n) is 6.40.